The van der Waals surface area contributed by atoms with E-state index in [0.29, 0.717) is 34.7 Å². The van der Waals surface area contributed by atoms with Crippen molar-refractivity contribution < 1.29 is 19.1 Å². The molecule has 0 aromatic heterocycles. The van der Waals surface area contributed by atoms with Gasteiger partial charge >= 0.3 is 0 Å². The van der Waals surface area contributed by atoms with Crippen molar-refractivity contribution >= 4 is 34.0 Å². The van der Waals surface area contributed by atoms with Gasteiger partial charge in [0, 0.05) is 0 Å². The van der Waals surface area contributed by atoms with Gasteiger partial charge in [0.05, 0.1) is 29.1 Å². The summed E-state index contributed by atoms with van der Waals surface area (Å²) in [4.78, 5) is 25.4. The maximum Gasteiger partial charge on any atom is 0.254 e. The van der Waals surface area contributed by atoms with Crippen LogP contribution in [0.4, 0.5) is 0 Å². The van der Waals surface area contributed by atoms with Crippen LogP contribution in [0.1, 0.15) is 18.9 Å². The number of imide groups is 1. The zero-order valence-electron chi connectivity index (χ0n) is 15.5. The second kappa shape index (κ2) is 7.54. The van der Waals surface area contributed by atoms with E-state index in [1.807, 2.05) is 13.0 Å². The molecule has 3 aliphatic rings. The van der Waals surface area contributed by atoms with Crippen molar-refractivity contribution in [3.8, 4) is 11.5 Å². The predicted octanol–water partition coefficient (Wildman–Crippen LogP) is 3.55. The van der Waals surface area contributed by atoms with Gasteiger partial charge in [0.2, 0.25) is 0 Å². The molecular weight excluding hydrogens is 424 g/mol. The number of benzene rings is 1. The third-order valence-electron chi connectivity index (χ3n) is 5.45. The molecule has 0 spiro atoms. The number of hydrazone groups is 1. The lowest BCUT2D eigenvalue weighted by atomic mass is 9.85. The summed E-state index contributed by atoms with van der Waals surface area (Å²) < 4.78 is 12.0. The second-order valence-corrected chi connectivity index (χ2v) is 7.95. The molecule has 2 fully saturated rings. The Morgan fingerprint density at radius 1 is 1.21 bits per heavy atom. The second-order valence-electron chi connectivity index (χ2n) is 7.10. The molecule has 0 N–H and O–H groups in total. The van der Waals surface area contributed by atoms with Crippen LogP contribution in [0.5, 0.6) is 11.5 Å². The summed E-state index contributed by atoms with van der Waals surface area (Å²) >= 11 is 3.48. The first-order valence-corrected chi connectivity index (χ1v) is 10.1. The molecule has 4 unspecified atom stereocenters. The molecule has 2 aliphatic carbocycles. The van der Waals surface area contributed by atoms with E-state index in [9.17, 15) is 9.59 Å². The molecule has 1 aliphatic heterocycles. The Bertz CT molecular complexity index is 865. The fourth-order valence-corrected chi connectivity index (χ4v) is 4.91. The Balaban J connectivity index is 1.57. The van der Waals surface area contributed by atoms with Gasteiger partial charge in [-0.05, 0) is 58.8 Å². The third kappa shape index (κ3) is 3.07. The van der Waals surface area contributed by atoms with Gasteiger partial charge in [0.1, 0.15) is 6.61 Å². The fourth-order valence-electron chi connectivity index (χ4n) is 4.33. The average molecular weight is 445 g/mol. The molecule has 0 radical (unpaired) electrons. The maximum atomic E-state index is 12.7. The van der Waals surface area contributed by atoms with Crippen molar-refractivity contribution in [2.75, 3.05) is 13.2 Å². The minimum Gasteiger partial charge on any atom is -0.490 e. The molecule has 1 heterocycles. The highest BCUT2D eigenvalue weighted by molar-refractivity contribution is 9.10. The lowest BCUT2D eigenvalue weighted by Gasteiger charge is -2.14. The number of allylic oxidation sites excluding steroid dienone is 2. The summed E-state index contributed by atoms with van der Waals surface area (Å²) in [5.74, 6) is 0.581. The zero-order valence-corrected chi connectivity index (χ0v) is 17.1. The summed E-state index contributed by atoms with van der Waals surface area (Å²) in [6.45, 7) is 6.35. The van der Waals surface area contributed by atoms with Gasteiger partial charge < -0.3 is 9.47 Å². The van der Waals surface area contributed by atoms with Crippen molar-refractivity contribution in [1.29, 1.82) is 0 Å². The van der Waals surface area contributed by atoms with Gasteiger partial charge in [-0.25, -0.2) is 0 Å². The van der Waals surface area contributed by atoms with Gasteiger partial charge in [0.25, 0.3) is 11.8 Å². The Morgan fingerprint density at radius 2 is 1.89 bits per heavy atom. The number of carbonyl (C=O) groups excluding carboxylic acids is 2. The Labute approximate surface area is 172 Å². The van der Waals surface area contributed by atoms with E-state index in [0.717, 1.165) is 11.4 Å². The van der Waals surface area contributed by atoms with Gasteiger partial charge in [-0.2, -0.15) is 10.1 Å². The van der Waals surface area contributed by atoms with Crippen molar-refractivity contribution in [2.24, 2.45) is 28.8 Å². The molecule has 1 saturated carbocycles. The van der Waals surface area contributed by atoms with Crippen molar-refractivity contribution in [2.45, 2.75) is 13.3 Å². The number of halogens is 1. The molecule has 1 saturated heterocycles. The zero-order chi connectivity index (χ0) is 19.8. The number of fused-ring (bicyclic) bond motifs is 5. The Morgan fingerprint density at radius 3 is 2.50 bits per heavy atom. The molecule has 2 amide bonds. The van der Waals surface area contributed by atoms with Crippen molar-refractivity contribution in [3.63, 3.8) is 0 Å². The molecule has 1 aromatic rings. The molecule has 146 valence electrons. The fraction of sp³-hybridized carbons (Fsp3) is 0.381. The van der Waals surface area contributed by atoms with Gasteiger partial charge in [-0.15, -0.1) is 0 Å². The monoisotopic (exact) mass is 444 g/mol. The number of rotatable bonds is 7. The van der Waals surface area contributed by atoms with Crippen LogP contribution < -0.4 is 9.47 Å². The summed E-state index contributed by atoms with van der Waals surface area (Å²) in [7, 11) is 0. The highest BCUT2D eigenvalue weighted by Gasteiger charge is 2.59. The van der Waals surface area contributed by atoms with E-state index in [-0.39, 0.29) is 35.5 Å². The SMILES string of the molecule is C=CCOc1c(Br)cc(C=NN2C(=O)C3C4C=CC(C4)C3C2=O)cc1OCC. The van der Waals surface area contributed by atoms with E-state index in [4.69, 9.17) is 9.47 Å². The summed E-state index contributed by atoms with van der Waals surface area (Å²) in [6.07, 6.45) is 8.20. The maximum absolute atomic E-state index is 12.7. The van der Waals surface area contributed by atoms with Crippen LogP contribution in [0.3, 0.4) is 0 Å². The van der Waals surface area contributed by atoms with E-state index >= 15 is 0 Å². The quantitative estimate of drug-likeness (QED) is 0.366. The minimum absolute atomic E-state index is 0.173. The van der Waals surface area contributed by atoms with E-state index in [1.165, 1.54) is 6.21 Å². The molecule has 28 heavy (non-hydrogen) atoms. The first-order chi connectivity index (χ1) is 13.5. The van der Waals surface area contributed by atoms with Crippen LogP contribution in [-0.2, 0) is 9.59 Å². The third-order valence-corrected chi connectivity index (χ3v) is 6.04. The standard InChI is InChI=1S/C21H21BrN2O4/c1-3-7-28-19-15(22)8-12(9-16(19)27-4-2)11-23-24-20(25)17-13-5-6-14(10-13)18(17)21(24)26/h3,5-6,8-9,11,13-14,17-18H,1,4,7,10H2,2H3. The average Bonchev–Trinajstić information content (AvgIpc) is 3.34. The van der Waals surface area contributed by atoms with E-state index in [2.05, 4.69) is 39.8 Å². The van der Waals surface area contributed by atoms with E-state index < -0.39 is 0 Å². The molecule has 2 bridgehead atoms. The lowest BCUT2D eigenvalue weighted by Crippen LogP contribution is -2.28. The molecule has 1 aromatic carbocycles. The minimum atomic E-state index is -0.250. The predicted molar refractivity (Wildman–Crippen MR) is 108 cm³/mol. The Hall–Kier alpha value is -2.41. The number of nitrogens with zero attached hydrogens (tertiary/aromatic N) is 2. The van der Waals surface area contributed by atoms with Crippen LogP contribution in [-0.4, -0.2) is 36.3 Å². The molecule has 6 nitrogen and oxygen atoms in total. The number of hydrogen-bond donors (Lipinski definition) is 0. The van der Waals surface area contributed by atoms with Crippen molar-refractivity contribution in [1.82, 2.24) is 5.01 Å². The largest absolute Gasteiger partial charge is 0.490 e. The summed E-state index contributed by atoms with van der Waals surface area (Å²) in [5.41, 5.74) is 0.694. The van der Waals surface area contributed by atoms with Crippen LogP contribution in [0.2, 0.25) is 0 Å². The van der Waals surface area contributed by atoms with Gasteiger partial charge in [-0.1, -0.05) is 24.8 Å². The summed E-state index contributed by atoms with van der Waals surface area (Å²) in [6, 6.07) is 3.58. The molecular formula is C21H21BrN2O4. The first-order valence-electron chi connectivity index (χ1n) is 9.35. The molecule has 4 atom stereocenters. The van der Waals surface area contributed by atoms with Crippen LogP contribution >= 0.6 is 15.9 Å². The van der Waals surface area contributed by atoms with Gasteiger partial charge in [-0.3, -0.25) is 9.59 Å². The highest BCUT2D eigenvalue weighted by Crippen LogP contribution is 2.52. The smallest absolute Gasteiger partial charge is 0.254 e. The molecule has 7 heteroatoms. The number of hydrogen-bond acceptors (Lipinski definition) is 5. The number of carbonyl (C=O) groups is 2. The normalized spacial score (nSPS) is 27.7. The summed E-state index contributed by atoms with van der Waals surface area (Å²) in [5, 5.41) is 5.26. The lowest BCUT2D eigenvalue weighted by molar-refractivity contribution is -0.140. The van der Waals surface area contributed by atoms with E-state index in [1.54, 1.807) is 12.1 Å². The van der Waals surface area contributed by atoms with Crippen LogP contribution in [0.25, 0.3) is 0 Å². The first kappa shape index (κ1) is 18.9. The van der Waals surface area contributed by atoms with Gasteiger partial charge in [0.15, 0.2) is 11.5 Å². The van der Waals surface area contributed by atoms with Crippen LogP contribution in [0.15, 0.2) is 46.5 Å². The number of ether oxygens (including phenoxy) is 2. The molecule has 4 rings (SSSR count). The Kier molecular flexibility index (Phi) is 5.10. The van der Waals surface area contributed by atoms with Crippen molar-refractivity contribution in [3.05, 3.63) is 47.0 Å². The van der Waals surface area contributed by atoms with Crippen LogP contribution in [0, 0.1) is 23.7 Å². The number of amides is 2. The topological polar surface area (TPSA) is 68.2 Å². The highest BCUT2D eigenvalue weighted by atomic mass is 79.9.